The zero-order chi connectivity index (χ0) is 13.9. The van der Waals surface area contributed by atoms with E-state index < -0.39 is 41.8 Å². The number of hydrogen-bond acceptors (Lipinski definition) is 6. The van der Waals surface area contributed by atoms with E-state index in [1.165, 1.54) is 12.0 Å². The molecule has 3 saturated heterocycles. The summed E-state index contributed by atoms with van der Waals surface area (Å²) in [6.07, 6.45) is -2.02. The number of aliphatic hydroxyl groups excluding tert-OH is 1. The highest BCUT2D eigenvalue weighted by atomic mass is 16.8. The van der Waals surface area contributed by atoms with Crippen molar-refractivity contribution < 1.29 is 28.9 Å². The molecule has 0 saturated carbocycles. The van der Waals surface area contributed by atoms with Crippen molar-refractivity contribution in [3.63, 3.8) is 0 Å². The molecular weight excluding hydrogens is 254 g/mol. The van der Waals surface area contributed by atoms with Crippen molar-refractivity contribution in [2.24, 2.45) is 5.92 Å². The highest BCUT2D eigenvalue weighted by molar-refractivity contribution is 5.92. The predicted octanol–water partition coefficient (Wildman–Crippen LogP) is -1.12. The Bertz CT molecular complexity index is 436. The van der Waals surface area contributed by atoms with E-state index in [-0.39, 0.29) is 6.10 Å². The number of carbonyl (C=O) groups excluding carboxylic acids is 2. The number of rotatable bonds is 1. The summed E-state index contributed by atoms with van der Waals surface area (Å²) in [4.78, 5) is 25.2. The number of aliphatic hydroxyl groups is 1. The molecule has 0 aromatic rings. The van der Waals surface area contributed by atoms with E-state index in [0.717, 1.165) is 0 Å². The van der Waals surface area contributed by atoms with Crippen molar-refractivity contribution in [3.8, 4) is 0 Å². The van der Waals surface area contributed by atoms with E-state index in [1.54, 1.807) is 13.8 Å². The average molecular weight is 271 g/mol. The number of methoxy groups -OCH3 is 1. The van der Waals surface area contributed by atoms with Crippen LogP contribution >= 0.6 is 0 Å². The first-order valence-electron chi connectivity index (χ1n) is 6.28. The Balaban J connectivity index is 1.92. The highest BCUT2D eigenvalue weighted by Crippen LogP contribution is 2.43. The molecule has 0 aromatic carbocycles. The van der Waals surface area contributed by atoms with Crippen LogP contribution in [-0.4, -0.2) is 65.7 Å². The van der Waals surface area contributed by atoms with Gasteiger partial charge in [0.15, 0.2) is 5.79 Å². The second-order valence-corrected chi connectivity index (χ2v) is 5.61. The quantitative estimate of drug-likeness (QED) is 0.608. The number of amides is 1. The molecule has 3 aliphatic heterocycles. The van der Waals surface area contributed by atoms with Crippen molar-refractivity contribution in [3.05, 3.63) is 0 Å². The van der Waals surface area contributed by atoms with Crippen LogP contribution in [-0.2, 0) is 23.8 Å². The lowest BCUT2D eigenvalue weighted by molar-refractivity contribution is -0.167. The number of nitrogens with zero attached hydrogens (tertiary/aromatic N) is 1. The largest absolute Gasteiger partial charge is 0.469 e. The summed E-state index contributed by atoms with van der Waals surface area (Å²) in [5, 5.41) is 9.93. The zero-order valence-electron chi connectivity index (χ0n) is 11.0. The minimum absolute atomic E-state index is 0.261. The van der Waals surface area contributed by atoms with Crippen LogP contribution in [0.25, 0.3) is 0 Å². The summed E-state index contributed by atoms with van der Waals surface area (Å²) in [5.74, 6) is -2.70. The van der Waals surface area contributed by atoms with Crippen molar-refractivity contribution in [2.45, 2.75) is 44.0 Å². The summed E-state index contributed by atoms with van der Waals surface area (Å²) in [6, 6.07) is -0.512. The van der Waals surface area contributed by atoms with Gasteiger partial charge in [-0.25, -0.2) is 0 Å². The van der Waals surface area contributed by atoms with Gasteiger partial charge in [0, 0.05) is 0 Å². The molecule has 0 aromatic heterocycles. The van der Waals surface area contributed by atoms with Gasteiger partial charge in [0.2, 0.25) is 0 Å². The van der Waals surface area contributed by atoms with Crippen molar-refractivity contribution in [2.75, 3.05) is 13.7 Å². The maximum absolute atomic E-state index is 12.0. The second-order valence-electron chi connectivity index (χ2n) is 5.61. The molecule has 0 bridgehead atoms. The monoisotopic (exact) mass is 271 g/mol. The fourth-order valence-corrected chi connectivity index (χ4v) is 3.34. The third kappa shape index (κ3) is 1.69. The van der Waals surface area contributed by atoms with Crippen LogP contribution in [0.3, 0.4) is 0 Å². The third-order valence-electron chi connectivity index (χ3n) is 4.01. The standard InChI is InChI=1S/C12H17NO6/c1-12(2)18-5-4-13-7(9(5)19-12)6(11(16)17-3)8(14)10(13)15/h5-9,14H,4H2,1-3H3/t5-,6-,7+,8+,9-/m0/s1. The van der Waals surface area contributed by atoms with Gasteiger partial charge in [-0.05, 0) is 13.8 Å². The Morgan fingerprint density at radius 1 is 1.47 bits per heavy atom. The number of esters is 1. The predicted molar refractivity (Wildman–Crippen MR) is 60.8 cm³/mol. The summed E-state index contributed by atoms with van der Waals surface area (Å²) < 4.78 is 16.2. The van der Waals surface area contributed by atoms with Gasteiger partial charge in [-0.3, -0.25) is 9.59 Å². The first-order valence-corrected chi connectivity index (χ1v) is 6.28. The SMILES string of the molecule is COC(=O)[C@H]1[C@@H]2[C@H]3OC(C)(C)O[C@H]3CN2C(=O)[C@@H]1O. The Morgan fingerprint density at radius 3 is 2.79 bits per heavy atom. The minimum atomic E-state index is -1.36. The van der Waals surface area contributed by atoms with Crippen LogP contribution in [0.2, 0.25) is 0 Å². The molecule has 3 heterocycles. The molecule has 7 heteroatoms. The van der Waals surface area contributed by atoms with E-state index in [4.69, 9.17) is 9.47 Å². The Hall–Kier alpha value is -1.18. The molecule has 0 unspecified atom stereocenters. The average Bonchev–Trinajstić information content (AvgIpc) is 2.88. The normalized spacial score (nSPS) is 43.3. The first kappa shape index (κ1) is 12.8. The second kappa shape index (κ2) is 3.91. The van der Waals surface area contributed by atoms with Gasteiger partial charge >= 0.3 is 5.97 Å². The molecule has 0 spiro atoms. The molecule has 3 rings (SSSR count). The van der Waals surface area contributed by atoms with E-state index in [0.29, 0.717) is 6.54 Å². The third-order valence-corrected chi connectivity index (χ3v) is 4.01. The van der Waals surface area contributed by atoms with Gasteiger partial charge in [0.1, 0.15) is 24.2 Å². The maximum atomic E-state index is 12.0. The molecule has 0 radical (unpaired) electrons. The zero-order valence-corrected chi connectivity index (χ0v) is 11.0. The fraction of sp³-hybridized carbons (Fsp3) is 0.833. The number of ether oxygens (including phenoxy) is 3. The molecule has 3 fully saturated rings. The molecule has 7 nitrogen and oxygen atoms in total. The van der Waals surface area contributed by atoms with Crippen LogP contribution in [0.15, 0.2) is 0 Å². The van der Waals surface area contributed by atoms with Crippen LogP contribution in [0.4, 0.5) is 0 Å². The smallest absolute Gasteiger partial charge is 0.314 e. The lowest BCUT2D eigenvalue weighted by Gasteiger charge is -2.26. The molecule has 5 atom stereocenters. The van der Waals surface area contributed by atoms with Crippen LogP contribution in [0.5, 0.6) is 0 Å². The van der Waals surface area contributed by atoms with Gasteiger partial charge in [-0.2, -0.15) is 0 Å². The minimum Gasteiger partial charge on any atom is -0.469 e. The van der Waals surface area contributed by atoms with Gasteiger partial charge in [0.05, 0.1) is 19.7 Å². The lowest BCUT2D eigenvalue weighted by Crippen LogP contribution is -2.42. The van der Waals surface area contributed by atoms with E-state index in [1.807, 2.05) is 0 Å². The molecule has 0 aliphatic carbocycles. The molecule has 1 amide bonds. The number of carbonyl (C=O) groups is 2. The van der Waals surface area contributed by atoms with E-state index in [2.05, 4.69) is 4.74 Å². The highest BCUT2D eigenvalue weighted by Gasteiger charge is 2.64. The molecule has 3 aliphatic rings. The summed E-state index contributed by atoms with van der Waals surface area (Å²) in [7, 11) is 1.24. The van der Waals surface area contributed by atoms with Crippen molar-refractivity contribution in [1.29, 1.82) is 0 Å². The number of hydrogen-bond donors (Lipinski definition) is 1. The van der Waals surface area contributed by atoms with Gasteiger partial charge < -0.3 is 24.2 Å². The van der Waals surface area contributed by atoms with Gasteiger partial charge in [-0.1, -0.05) is 0 Å². The Morgan fingerprint density at radius 2 is 2.16 bits per heavy atom. The molecule has 1 N–H and O–H groups in total. The van der Waals surface area contributed by atoms with E-state index in [9.17, 15) is 14.7 Å². The van der Waals surface area contributed by atoms with Gasteiger partial charge in [-0.15, -0.1) is 0 Å². The maximum Gasteiger partial charge on any atom is 0.314 e. The van der Waals surface area contributed by atoms with Gasteiger partial charge in [0.25, 0.3) is 5.91 Å². The fourth-order valence-electron chi connectivity index (χ4n) is 3.34. The summed E-state index contributed by atoms with van der Waals surface area (Å²) >= 11 is 0. The van der Waals surface area contributed by atoms with Crippen LogP contribution < -0.4 is 0 Å². The molecular formula is C12H17NO6. The van der Waals surface area contributed by atoms with Crippen LogP contribution in [0, 0.1) is 5.92 Å². The van der Waals surface area contributed by atoms with Crippen molar-refractivity contribution >= 4 is 11.9 Å². The topological polar surface area (TPSA) is 85.3 Å². The Kier molecular flexibility index (Phi) is 2.64. The van der Waals surface area contributed by atoms with Crippen LogP contribution in [0.1, 0.15) is 13.8 Å². The Labute approximate surface area is 110 Å². The summed E-state index contributed by atoms with van der Waals surface area (Å²) in [6.45, 7) is 3.91. The first-order chi connectivity index (χ1) is 8.85. The molecule has 106 valence electrons. The lowest BCUT2D eigenvalue weighted by atomic mass is 9.93. The summed E-state index contributed by atoms with van der Waals surface area (Å²) in [5.41, 5.74) is 0. The van der Waals surface area contributed by atoms with E-state index >= 15 is 0 Å². The number of fused-ring (bicyclic) bond motifs is 3. The van der Waals surface area contributed by atoms with Crippen molar-refractivity contribution in [1.82, 2.24) is 4.90 Å². The molecule has 19 heavy (non-hydrogen) atoms.